The lowest BCUT2D eigenvalue weighted by Crippen LogP contribution is -2.39. The number of nitrogens with one attached hydrogen (secondary N) is 1. The fraction of sp³-hybridized carbons (Fsp3) is 0.429. The molecule has 0 fully saturated rings. The van der Waals surface area contributed by atoms with Crippen LogP contribution in [-0.2, 0) is 28.6 Å². The van der Waals surface area contributed by atoms with Crippen LogP contribution in [0.5, 0.6) is 0 Å². The molecule has 23 heavy (non-hydrogen) atoms. The molecule has 0 bridgehead atoms. The fourth-order valence-corrected chi connectivity index (χ4v) is 1.21. The van der Waals surface area contributed by atoms with Crippen LogP contribution in [0.25, 0.3) is 0 Å². The number of nitrogens with two attached hydrogens (primary N) is 1. The van der Waals surface area contributed by atoms with Gasteiger partial charge >= 0.3 is 11.9 Å². The third-order valence-electron chi connectivity index (χ3n) is 2.21. The Morgan fingerprint density at radius 2 is 1.52 bits per heavy atom. The second-order valence-corrected chi connectivity index (χ2v) is 5.04. The van der Waals surface area contributed by atoms with Crippen LogP contribution in [0.2, 0.25) is 0 Å². The van der Waals surface area contributed by atoms with E-state index >= 15 is 0 Å². The molecule has 0 rings (SSSR count). The molecule has 0 atom stereocenters. The summed E-state index contributed by atoms with van der Waals surface area (Å²) in [5.74, 6) is -1.84. The van der Waals surface area contributed by atoms with Gasteiger partial charge in [-0.3, -0.25) is 4.79 Å². The molecule has 9 heteroatoms. The number of ether oxygens (including phenoxy) is 3. The summed E-state index contributed by atoms with van der Waals surface area (Å²) in [4.78, 5) is 34.1. The number of carbonyl (C=O) groups is 3. The van der Waals surface area contributed by atoms with Gasteiger partial charge in [0.15, 0.2) is 5.11 Å². The molecule has 1 amide bonds. The number of esters is 2. The van der Waals surface area contributed by atoms with Crippen LogP contribution in [0, 0.1) is 0 Å². The van der Waals surface area contributed by atoms with Crippen molar-refractivity contribution in [2.75, 3.05) is 19.8 Å². The third-order valence-corrected chi connectivity index (χ3v) is 2.31. The first-order chi connectivity index (χ1) is 10.6. The molecule has 3 N–H and O–H groups in total. The molecule has 0 aliphatic carbocycles. The Kier molecular flexibility index (Phi) is 9.44. The Labute approximate surface area is 139 Å². The molecular weight excluding hydrogens is 324 g/mol. The first-order valence-corrected chi connectivity index (χ1v) is 6.90. The molecule has 0 aromatic rings. The zero-order valence-corrected chi connectivity index (χ0v) is 13.9. The summed E-state index contributed by atoms with van der Waals surface area (Å²) in [6, 6.07) is 0. The Morgan fingerprint density at radius 3 is 1.87 bits per heavy atom. The van der Waals surface area contributed by atoms with E-state index in [0.717, 1.165) is 0 Å². The molecule has 0 spiro atoms. The summed E-state index contributed by atoms with van der Waals surface area (Å²) < 4.78 is 15.0. The van der Waals surface area contributed by atoms with Crippen LogP contribution in [-0.4, -0.2) is 48.9 Å². The highest BCUT2D eigenvalue weighted by molar-refractivity contribution is 7.80. The number of carbonyl (C=O) groups excluding carboxylic acids is 3. The van der Waals surface area contributed by atoms with E-state index in [1.165, 1.54) is 13.8 Å². The second kappa shape index (κ2) is 10.5. The van der Waals surface area contributed by atoms with E-state index in [0.29, 0.717) is 0 Å². The van der Waals surface area contributed by atoms with E-state index in [-0.39, 0.29) is 29.5 Å². The smallest absolute Gasteiger partial charge is 0.333 e. The molecule has 0 saturated carbocycles. The SMILES string of the molecule is C=C(C)C(=O)OCC(COC(=O)C(=C)C)OCC(=O)NC(N)=S. The summed E-state index contributed by atoms with van der Waals surface area (Å²) in [6.07, 6.45) is -0.848. The van der Waals surface area contributed by atoms with Crippen molar-refractivity contribution in [2.24, 2.45) is 5.73 Å². The maximum Gasteiger partial charge on any atom is 0.333 e. The highest BCUT2D eigenvalue weighted by atomic mass is 32.1. The molecule has 0 radical (unpaired) electrons. The van der Waals surface area contributed by atoms with Crippen LogP contribution in [0.15, 0.2) is 24.3 Å². The lowest BCUT2D eigenvalue weighted by atomic mass is 10.3. The van der Waals surface area contributed by atoms with Gasteiger partial charge in [-0.25, -0.2) is 9.59 Å². The standard InChI is InChI=1S/C14H20N2O6S/c1-8(2)12(18)21-5-10(6-22-13(19)9(3)4)20-7-11(17)16-14(15)23/h10H,1,3,5-7H2,2,4H3,(H3,15,16,17,23). The molecule has 0 aromatic carbocycles. The lowest BCUT2D eigenvalue weighted by molar-refractivity contribution is -0.151. The predicted molar refractivity (Wildman–Crippen MR) is 86.2 cm³/mol. The summed E-state index contributed by atoms with van der Waals surface area (Å²) in [6.45, 7) is 8.97. The highest BCUT2D eigenvalue weighted by Crippen LogP contribution is 2.01. The average Bonchev–Trinajstić information content (AvgIpc) is 2.44. The topological polar surface area (TPSA) is 117 Å². The summed E-state index contributed by atoms with van der Waals surface area (Å²) in [5.41, 5.74) is 5.55. The van der Waals surface area contributed by atoms with Gasteiger partial charge in [-0.1, -0.05) is 13.2 Å². The Morgan fingerprint density at radius 1 is 1.09 bits per heavy atom. The van der Waals surface area contributed by atoms with Crippen molar-refractivity contribution < 1.29 is 28.6 Å². The number of thiocarbonyl (C=S) groups is 1. The summed E-state index contributed by atoms with van der Waals surface area (Å²) in [5, 5.41) is 1.97. The van der Waals surface area contributed by atoms with Crippen molar-refractivity contribution in [3.63, 3.8) is 0 Å². The second-order valence-electron chi connectivity index (χ2n) is 4.60. The molecule has 128 valence electrons. The van der Waals surface area contributed by atoms with Crippen molar-refractivity contribution in [1.82, 2.24) is 5.32 Å². The van der Waals surface area contributed by atoms with Crippen LogP contribution in [0.3, 0.4) is 0 Å². The van der Waals surface area contributed by atoms with Crippen LogP contribution < -0.4 is 11.1 Å². The van der Waals surface area contributed by atoms with Gasteiger partial charge in [-0.2, -0.15) is 0 Å². The van der Waals surface area contributed by atoms with Crippen molar-refractivity contribution in [1.29, 1.82) is 0 Å². The van der Waals surface area contributed by atoms with Gasteiger partial charge in [0.05, 0.1) is 0 Å². The van der Waals surface area contributed by atoms with E-state index in [1.54, 1.807) is 0 Å². The molecule has 0 aromatic heterocycles. The van der Waals surface area contributed by atoms with Crippen molar-refractivity contribution in [3.8, 4) is 0 Å². The van der Waals surface area contributed by atoms with Crippen molar-refractivity contribution in [3.05, 3.63) is 24.3 Å². The number of amides is 1. The number of hydrogen-bond acceptors (Lipinski definition) is 7. The van der Waals surface area contributed by atoms with Crippen molar-refractivity contribution >= 4 is 35.2 Å². The summed E-state index contributed by atoms with van der Waals surface area (Å²) in [7, 11) is 0. The monoisotopic (exact) mass is 344 g/mol. The van der Waals surface area contributed by atoms with E-state index in [1.807, 2.05) is 0 Å². The van der Waals surface area contributed by atoms with Crippen LogP contribution >= 0.6 is 12.2 Å². The van der Waals surface area contributed by atoms with Gasteiger partial charge < -0.3 is 25.3 Å². The quantitative estimate of drug-likeness (QED) is 0.340. The molecule has 0 aliphatic heterocycles. The van der Waals surface area contributed by atoms with Gasteiger partial charge in [0.2, 0.25) is 0 Å². The zero-order valence-electron chi connectivity index (χ0n) is 13.0. The lowest BCUT2D eigenvalue weighted by Gasteiger charge is -2.18. The Bertz CT molecular complexity index is 487. The molecule has 0 aliphatic rings. The fourth-order valence-electron chi connectivity index (χ4n) is 1.10. The minimum Gasteiger partial charge on any atom is -0.459 e. The zero-order chi connectivity index (χ0) is 18.0. The first kappa shape index (κ1) is 20.7. The van der Waals surface area contributed by atoms with E-state index in [9.17, 15) is 14.4 Å². The van der Waals surface area contributed by atoms with E-state index in [4.69, 9.17) is 19.9 Å². The maximum absolute atomic E-state index is 11.4. The van der Waals surface area contributed by atoms with E-state index < -0.39 is 30.6 Å². The minimum atomic E-state index is -0.848. The minimum absolute atomic E-state index is 0.197. The van der Waals surface area contributed by atoms with Gasteiger partial charge in [-0.05, 0) is 26.1 Å². The Hall–Kier alpha value is -2.26. The van der Waals surface area contributed by atoms with Gasteiger partial charge in [0.25, 0.3) is 5.91 Å². The van der Waals surface area contributed by atoms with Crippen molar-refractivity contribution in [2.45, 2.75) is 20.0 Å². The van der Waals surface area contributed by atoms with E-state index in [2.05, 4.69) is 30.7 Å². The third kappa shape index (κ3) is 10.1. The first-order valence-electron chi connectivity index (χ1n) is 6.49. The normalized spacial score (nSPS) is 9.87. The van der Waals surface area contributed by atoms with Gasteiger partial charge in [0, 0.05) is 11.1 Å². The highest BCUT2D eigenvalue weighted by Gasteiger charge is 2.17. The summed E-state index contributed by atoms with van der Waals surface area (Å²) >= 11 is 4.51. The number of rotatable bonds is 9. The molecule has 0 unspecified atom stereocenters. The largest absolute Gasteiger partial charge is 0.459 e. The molecule has 0 heterocycles. The van der Waals surface area contributed by atoms with Gasteiger partial charge in [0.1, 0.15) is 25.9 Å². The van der Waals surface area contributed by atoms with Crippen LogP contribution in [0.4, 0.5) is 0 Å². The molecule has 8 nitrogen and oxygen atoms in total. The van der Waals surface area contributed by atoms with Crippen LogP contribution in [0.1, 0.15) is 13.8 Å². The predicted octanol–water partition coefficient (Wildman–Crippen LogP) is -0.0300. The van der Waals surface area contributed by atoms with Gasteiger partial charge in [-0.15, -0.1) is 0 Å². The average molecular weight is 344 g/mol. The molecule has 0 saturated heterocycles. The maximum atomic E-state index is 11.4. The number of hydrogen-bond donors (Lipinski definition) is 2. The Balaban J connectivity index is 4.53. The molecular formula is C14H20N2O6S.